The molecule has 0 radical (unpaired) electrons. The van der Waals surface area contributed by atoms with E-state index in [1.807, 2.05) is 0 Å². The highest BCUT2D eigenvalue weighted by Gasteiger charge is 2.64. The maximum atomic E-state index is 13.3. The Morgan fingerprint density at radius 2 is 2.04 bits per heavy atom. The number of rotatable bonds is 2. The summed E-state index contributed by atoms with van der Waals surface area (Å²) in [4.78, 5) is 25.7. The molecule has 0 unspecified atom stereocenters. The molecule has 0 aliphatic carbocycles. The molecule has 3 fully saturated rings. The van der Waals surface area contributed by atoms with E-state index in [9.17, 15) is 18.0 Å². The first-order chi connectivity index (χ1) is 12.4. The third kappa shape index (κ3) is 2.04. The number of carbonyl (C=O) groups excluding carboxylic acids is 2. The van der Waals surface area contributed by atoms with Gasteiger partial charge in [0.1, 0.15) is 0 Å². The third-order valence-corrected chi connectivity index (χ3v) is 7.83. The number of anilines is 1. The van der Waals surface area contributed by atoms with Crippen LogP contribution >= 0.6 is 0 Å². The Bertz CT molecular complexity index is 930. The molecule has 1 aromatic rings. The summed E-state index contributed by atoms with van der Waals surface area (Å²) in [5.74, 6) is -0.0990. The van der Waals surface area contributed by atoms with Gasteiger partial charge in [0.25, 0.3) is 0 Å². The van der Waals surface area contributed by atoms with E-state index in [1.54, 1.807) is 17.0 Å². The van der Waals surface area contributed by atoms with E-state index in [1.165, 1.54) is 10.4 Å². The number of nitrogens with one attached hydrogen (secondary N) is 1. The zero-order valence-electron chi connectivity index (χ0n) is 14.1. The summed E-state index contributed by atoms with van der Waals surface area (Å²) in [6.07, 6.45) is 1.54. The summed E-state index contributed by atoms with van der Waals surface area (Å²) in [7, 11) is -3.75. The van der Waals surface area contributed by atoms with Gasteiger partial charge in [-0.1, -0.05) is 0 Å². The lowest BCUT2D eigenvalue weighted by molar-refractivity contribution is -0.136. The van der Waals surface area contributed by atoms with Gasteiger partial charge in [-0.05, 0) is 30.2 Å². The Hall–Kier alpha value is -1.97. The van der Waals surface area contributed by atoms with Gasteiger partial charge in [0, 0.05) is 38.0 Å². The molecule has 0 saturated carbocycles. The molecule has 0 bridgehead atoms. The topological polar surface area (TPSA) is 96.0 Å². The molecule has 4 heterocycles. The first-order valence-electron chi connectivity index (χ1n) is 8.81. The maximum Gasteiger partial charge on any atom is 0.243 e. The van der Waals surface area contributed by atoms with Crippen molar-refractivity contribution < 1.29 is 22.7 Å². The quantitative estimate of drug-likeness (QED) is 0.799. The van der Waals surface area contributed by atoms with E-state index in [4.69, 9.17) is 4.74 Å². The van der Waals surface area contributed by atoms with Crippen LogP contribution in [0.3, 0.4) is 0 Å². The van der Waals surface area contributed by atoms with Crippen LogP contribution in [0.5, 0.6) is 0 Å². The molecule has 0 aromatic heterocycles. The number of benzene rings is 1. The SMILES string of the molecule is O=C1CCc2cc(S(=O)(=O)N3CC[C@@]45OCCN4C(=O)C[C@@H]35)ccc2N1. The number of nitrogens with zero attached hydrogens (tertiary/aromatic N) is 2. The third-order valence-electron chi connectivity index (χ3n) is 5.93. The van der Waals surface area contributed by atoms with Crippen LogP contribution in [-0.2, 0) is 30.8 Å². The van der Waals surface area contributed by atoms with Crippen molar-refractivity contribution in [2.75, 3.05) is 25.0 Å². The second kappa shape index (κ2) is 5.28. The lowest BCUT2D eigenvalue weighted by Gasteiger charge is -2.31. The Balaban J connectivity index is 1.50. The average molecular weight is 377 g/mol. The Labute approximate surface area is 151 Å². The van der Waals surface area contributed by atoms with Crippen LogP contribution in [0.2, 0.25) is 0 Å². The number of ether oxygens (including phenoxy) is 1. The molecule has 1 spiro atoms. The zero-order chi connectivity index (χ0) is 18.1. The molecule has 2 atom stereocenters. The largest absolute Gasteiger partial charge is 0.352 e. The van der Waals surface area contributed by atoms with Crippen molar-refractivity contribution in [1.29, 1.82) is 0 Å². The first-order valence-corrected chi connectivity index (χ1v) is 10.2. The standard InChI is InChI=1S/C17H19N3O5S/c21-15-4-1-11-9-12(2-3-13(11)18-15)26(23,24)20-6-5-17-14(20)10-16(22)19(17)7-8-25-17/h2-3,9,14H,1,4-8,10H2,(H,18,21)/t14-,17+/m1/s1. The molecule has 138 valence electrons. The van der Waals surface area contributed by atoms with Crippen LogP contribution in [-0.4, -0.2) is 60.9 Å². The lowest BCUT2D eigenvalue weighted by Crippen LogP contribution is -2.48. The van der Waals surface area contributed by atoms with E-state index in [-0.39, 0.29) is 23.1 Å². The second-order valence-electron chi connectivity index (χ2n) is 7.19. The van der Waals surface area contributed by atoms with Crippen molar-refractivity contribution in [3.63, 3.8) is 0 Å². The predicted molar refractivity (Wildman–Crippen MR) is 90.7 cm³/mol. The number of hydrogen-bond donors (Lipinski definition) is 1. The Morgan fingerprint density at radius 3 is 2.88 bits per heavy atom. The van der Waals surface area contributed by atoms with Crippen molar-refractivity contribution in [2.24, 2.45) is 0 Å². The fourth-order valence-corrected chi connectivity index (χ4v) is 6.41. The molecule has 3 saturated heterocycles. The molecule has 5 rings (SSSR count). The van der Waals surface area contributed by atoms with Crippen molar-refractivity contribution in [1.82, 2.24) is 9.21 Å². The van der Waals surface area contributed by atoms with Crippen molar-refractivity contribution in [3.8, 4) is 0 Å². The van der Waals surface area contributed by atoms with Crippen molar-refractivity contribution in [3.05, 3.63) is 23.8 Å². The summed E-state index contributed by atoms with van der Waals surface area (Å²) < 4.78 is 33.8. The highest BCUT2D eigenvalue weighted by Crippen LogP contribution is 2.47. The maximum absolute atomic E-state index is 13.3. The van der Waals surface area contributed by atoms with E-state index >= 15 is 0 Å². The highest BCUT2D eigenvalue weighted by atomic mass is 32.2. The van der Waals surface area contributed by atoms with Crippen LogP contribution in [0.15, 0.2) is 23.1 Å². The van der Waals surface area contributed by atoms with Crippen LogP contribution in [0.4, 0.5) is 5.69 Å². The summed E-state index contributed by atoms with van der Waals surface area (Å²) in [6, 6.07) is 4.33. The first kappa shape index (κ1) is 16.2. The molecule has 4 aliphatic heterocycles. The zero-order valence-corrected chi connectivity index (χ0v) is 14.9. The van der Waals surface area contributed by atoms with Gasteiger partial charge in [-0.15, -0.1) is 0 Å². The van der Waals surface area contributed by atoms with Gasteiger partial charge >= 0.3 is 0 Å². The van der Waals surface area contributed by atoms with Crippen molar-refractivity contribution >= 4 is 27.5 Å². The summed E-state index contributed by atoms with van der Waals surface area (Å²) in [6.45, 7) is 1.32. The van der Waals surface area contributed by atoms with Gasteiger partial charge in [-0.3, -0.25) is 9.59 Å². The van der Waals surface area contributed by atoms with Gasteiger partial charge in [0.2, 0.25) is 21.8 Å². The molecule has 1 aromatic carbocycles. The Morgan fingerprint density at radius 1 is 1.19 bits per heavy atom. The molecule has 2 amide bonds. The molecule has 26 heavy (non-hydrogen) atoms. The molecular formula is C17H19N3O5S. The van der Waals surface area contributed by atoms with E-state index < -0.39 is 21.8 Å². The molecular weight excluding hydrogens is 358 g/mol. The predicted octanol–water partition coefficient (Wildman–Crippen LogP) is 0.293. The smallest absolute Gasteiger partial charge is 0.243 e. The van der Waals surface area contributed by atoms with E-state index in [0.29, 0.717) is 44.6 Å². The minimum atomic E-state index is -3.75. The molecule has 9 heteroatoms. The Kier molecular flexibility index (Phi) is 3.29. The minimum Gasteiger partial charge on any atom is -0.352 e. The van der Waals surface area contributed by atoms with Gasteiger partial charge in [0.05, 0.1) is 17.5 Å². The van der Waals surface area contributed by atoms with Gasteiger partial charge in [0.15, 0.2) is 5.72 Å². The number of sulfonamides is 1. The monoisotopic (exact) mass is 377 g/mol. The van der Waals surface area contributed by atoms with Crippen LogP contribution < -0.4 is 5.32 Å². The van der Waals surface area contributed by atoms with Gasteiger partial charge in [-0.25, -0.2) is 8.42 Å². The number of aryl methyl sites for hydroxylation is 1. The molecule has 8 nitrogen and oxygen atoms in total. The van der Waals surface area contributed by atoms with Crippen LogP contribution in [0.1, 0.15) is 24.8 Å². The lowest BCUT2D eigenvalue weighted by atomic mass is 10.0. The van der Waals surface area contributed by atoms with Gasteiger partial charge < -0.3 is 15.0 Å². The molecule has 1 N–H and O–H groups in total. The number of amides is 2. The minimum absolute atomic E-state index is 0.0412. The summed E-state index contributed by atoms with van der Waals surface area (Å²) in [5.41, 5.74) is 0.701. The van der Waals surface area contributed by atoms with Crippen LogP contribution in [0, 0.1) is 0 Å². The fourth-order valence-electron chi connectivity index (χ4n) is 4.70. The summed E-state index contributed by atoms with van der Waals surface area (Å²) >= 11 is 0. The fraction of sp³-hybridized carbons (Fsp3) is 0.529. The van der Waals surface area contributed by atoms with Crippen molar-refractivity contribution in [2.45, 2.75) is 42.3 Å². The summed E-state index contributed by atoms with van der Waals surface area (Å²) in [5, 5.41) is 2.76. The highest BCUT2D eigenvalue weighted by molar-refractivity contribution is 7.89. The van der Waals surface area contributed by atoms with Gasteiger partial charge in [-0.2, -0.15) is 4.31 Å². The normalized spacial score (nSPS) is 30.9. The second-order valence-corrected chi connectivity index (χ2v) is 9.08. The van der Waals surface area contributed by atoms with Crippen LogP contribution in [0.25, 0.3) is 0 Å². The number of carbonyl (C=O) groups is 2. The molecule has 4 aliphatic rings. The van der Waals surface area contributed by atoms with E-state index in [2.05, 4.69) is 5.32 Å². The number of fused-ring (bicyclic) bond motifs is 1. The number of hydrogen-bond acceptors (Lipinski definition) is 5. The average Bonchev–Trinajstić information content (AvgIpc) is 3.25. The van der Waals surface area contributed by atoms with E-state index in [0.717, 1.165) is 5.56 Å².